The third-order valence-electron chi connectivity index (χ3n) is 4.44. The van der Waals surface area contributed by atoms with Gasteiger partial charge in [-0.1, -0.05) is 84.4 Å². The summed E-state index contributed by atoms with van der Waals surface area (Å²) >= 11 is 6.01. The normalized spacial score (nSPS) is 10.5. The van der Waals surface area contributed by atoms with E-state index in [0.29, 0.717) is 17.1 Å². The molecule has 0 aromatic heterocycles. The van der Waals surface area contributed by atoms with Gasteiger partial charge in [-0.2, -0.15) is 0 Å². The Morgan fingerprint density at radius 2 is 1.29 bits per heavy atom. The van der Waals surface area contributed by atoms with Crippen LogP contribution < -0.4 is 10.6 Å². The highest BCUT2D eigenvalue weighted by Crippen LogP contribution is 2.23. The van der Waals surface area contributed by atoms with E-state index in [1.165, 1.54) is 0 Å². The molecule has 3 aromatic rings. The summed E-state index contributed by atoms with van der Waals surface area (Å²) in [6.45, 7) is 0.329. The molecule has 4 nitrogen and oxygen atoms in total. The molecule has 0 spiro atoms. The summed E-state index contributed by atoms with van der Waals surface area (Å²) in [5.41, 5.74) is 2.59. The second-order valence-electron chi connectivity index (χ2n) is 6.34. The zero-order valence-electron chi connectivity index (χ0n) is 15.3. The molecular formula is C23H21ClN2O2. The Hall–Kier alpha value is -3.11. The summed E-state index contributed by atoms with van der Waals surface area (Å²) in [4.78, 5) is 24.4. The maximum absolute atomic E-state index is 12.3. The standard InChI is InChI=1S/C23H21ClN2O2/c24-21-14-8-7-13-19(21)23(28)26-16-22(27)25-15-20(17-9-3-1-4-10-17)18-11-5-2-6-12-18/h1-14,20H,15-16H2,(H,25,27)(H,26,28). The lowest BCUT2D eigenvalue weighted by Crippen LogP contribution is -2.38. The molecule has 0 aliphatic heterocycles. The summed E-state index contributed by atoms with van der Waals surface area (Å²) in [6.07, 6.45) is 0. The predicted octanol–water partition coefficient (Wildman–Crippen LogP) is 4.02. The first-order valence-electron chi connectivity index (χ1n) is 9.04. The van der Waals surface area contributed by atoms with Crippen LogP contribution in [0, 0.1) is 0 Å². The van der Waals surface area contributed by atoms with E-state index < -0.39 is 0 Å². The number of amides is 2. The van der Waals surface area contributed by atoms with Crippen molar-refractivity contribution in [3.8, 4) is 0 Å². The molecule has 0 aliphatic carbocycles. The molecule has 0 aliphatic rings. The summed E-state index contributed by atoms with van der Waals surface area (Å²) in [7, 11) is 0. The lowest BCUT2D eigenvalue weighted by molar-refractivity contribution is -0.120. The minimum absolute atomic E-state index is 0.0330. The van der Waals surface area contributed by atoms with Gasteiger partial charge in [0.1, 0.15) is 0 Å². The number of carbonyl (C=O) groups excluding carboxylic acids is 2. The van der Waals surface area contributed by atoms with Crippen LogP contribution in [0.5, 0.6) is 0 Å². The van der Waals surface area contributed by atoms with Crippen LogP contribution in [-0.4, -0.2) is 24.9 Å². The maximum atomic E-state index is 12.3. The number of hydrogen-bond donors (Lipinski definition) is 2. The smallest absolute Gasteiger partial charge is 0.253 e. The number of carbonyl (C=O) groups is 2. The average molecular weight is 393 g/mol. The fourth-order valence-electron chi connectivity index (χ4n) is 2.98. The molecule has 2 amide bonds. The van der Waals surface area contributed by atoms with Crippen LogP contribution in [0.4, 0.5) is 0 Å². The Morgan fingerprint density at radius 1 is 0.750 bits per heavy atom. The van der Waals surface area contributed by atoms with Gasteiger partial charge >= 0.3 is 0 Å². The molecule has 0 bridgehead atoms. The summed E-state index contributed by atoms with van der Waals surface area (Å²) < 4.78 is 0. The molecule has 5 heteroatoms. The van der Waals surface area contributed by atoms with Gasteiger partial charge in [0.2, 0.25) is 5.91 Å². The van der Waals surface area contributed by atoms with Crippen molar-refractivity contribution >= 4 is 23.4 Å². The number of halogens is 1. The number of rotatable bonds is 7. The van der Waals surface area contributed by atoms with Crippen LogP contribution in [0.15, 0.2) is 84.9 Å². The van der Waals surface area contributed by atoms with E-state index in [-0.39, 0.29) is 24.3 Å². The fraction of sp³-hybridized carbons (Fsp3) is 0.130. The first-order valence-corrected chi connectivity index (χ1v) is 9.42. The van der Waals surface area contributed by atoms with Crippen LogP contribution in [0.2, 0.25) is 5.02 Å². The van der Waals surface area contributed by atoms with E-state index in [4.69, 9.17) is 11.6 Å². The van der Waals surface area contributed by atoms with Gasteiger partial charge in [-0.05, 0) is 23.3 Å². The Bertz CT molecular complexity index is 890. The number of benzene rings is 3. The van der Waals surface area contributed by atoms with Gasteiger partial charge in [-0.25, -0.2) is 0 Å². The lowest BCUT2D eigenvalue weighted by atomic mass is 9.91. The van der Waals surface area contributed by atoms with Crippen LogP contribution in [0.1, 0.15) is 27.4 Å². The molecule has 0 saturated carbocycles. The second kappa shape index (κ2) is 9.72. The Labute approximate surface area is 169 Å². The Morgan fingerprint density at radius 3 is 1.86 bits per heavy atom. The van der Waals surface area contributed by atoms with Crippen LogP contribution in [0.25, 0.3) is 0 Å². The van der Waals surface area contributed by atoms with Crippen molar-refractivity contribution < 1.29 is 9.59 Å². The molecule has 0 unspecified atom stereocenters. The minimum atomic E-state index is -0.372. The predicted molar refractivity (Wildman–Crippen MR) is 112 cm³/mol. The molecule has 0 heterocycles. The van der Waals surface area contributed by atoms with Gasteiger partial charge in [0.25, 0.3) is 5.91 Å². The molecule has 0 atom stereocenters. The van der Waals surface area contributed by atoms with Gasteiger partial charge in [0, 0.05) is 12.5 Å². The largest absolute Gasteiger partial charge is 0.354 e. The third-order valence-corrected chi connectivity index (χ3v) is 4.76. The molecule has 3 rings (SSSR count). The van der Waals surface area contributed by atoms with E-state index in [2.05, 4.69) is 10.6 Å². The summed E-state index contributed by atoms with van der Waals surface area (Å²) in [5, 5.41) is 5.88. The molecule has 3 aromatic carbocycles. The van der Waals surface area contributed by atoms with Crippen molar-refractivity contribution in [2.75, 3.05) is 13.1 Å². The van der Waals surface area contributed by atoms with Crippen LogP contribution >= 0.6 is 11.6 Å². The summed E-state index contributed by atoms with van der Waals surface area (Å²) in [5.74, 6) is -0.591. The maximum Gasteiger partial charge on any atom is 0.253 e. The van der Waals surface area contributed by atoms with Gasteiger partial charge in [-0.3, -0.25) is 9.59 Å². The van der Waals surface area contributed by atoms with Gasteiger partial charge < -0.3 is 10.6 Å². The molecule has 28 heavy (non-hydrogen) atoms. The van der Waals surface area contributed by atoms with Crippen LogP contribution in [0.3, 0.4) is 0 Å². The number of hydrogen-bond acceptors (Lipinski definition) is 2. The summed E-state index contributed by atoms with van der Waals surface area (Å²) in [6, 6.07) is 26.8. The minimum Gasteiger partial charge on any atom is -0.354 e. The molecule has 0 saturated heterocycles. The van der Waals surface area contributed by atoms with Gasteiger partial charge in [-0.15, -0.1) is 0 Å². The fourth-order valence-corrected chi connectivity index (χ4v) is 3.20. The highest BCUT2D eigenvalue weighted by molar-refractivity contribution is 6.33. The zero-order valence-corrected chi connectivity index (χ0v) is 16.0. The average Bonchev–Trinajstić information content (AvgIpc) is 2.74. The van der Waals surface area contributed by atoms with E-state index in [9.17, 15) is 9.59 Å². The van der Waals surface area contributed by atoms with E-state index >= 15 is 0 Å². The van der Waals surface area contributed by atoms with Crippen molar-refractivity contribution in [3.63, 3.8) is 0 Å². The highest BCUT2D eigenvalue weighted by atomic mass is 35.5. The molecule has 2 N–H and O–H groups in total. The van der Waals surface area contributed by atoms with Crippen molar-refractivity contribution in [2.45, 2.75) is 5.92 Å². The topological polar surface area (TPSA) is 58.2 Å². The van der Waals surface area contributed by atoms with Crippen LogP contribution in [-0.2, 0) is 4.79 Å². The SMILES string of the molecule is O=C(CNC(=O)c1ccccc1Cl)NCC(c1ccccc1)c1ccccc1. The number of nitrogens with one attached hydrogen (secondary N) is 2. The van der Waals surface area contributed by atoms with Gasteiger partial charge in [0.15, 0.2) is 0 Å². The quantitative estimate of drug-likeness (QED) is 0.638. The van der Waals surface area contributed by atoms with Crippen molar-refractivity contribution in [3.05, 3.63) is 107 Å². The van der Waals surface area contributed by atoms with Crippen molar-refractivity contribution in [1.82, 2.24) is 10.6 Å². The van der Waals surface area contributed by atoms with Gasteiger partial charge in [0.05, 0.1) is 17.1 Å². The first kappa shape index (κ1) is 19.6. The third kappa shape index (κ3) is 5.21. The lowest BCUT2D eigenvalue weighted by Gasteiger charge is -2.19. The first-order chi connectivity index (χ1) is 13.6. The highest BCUT2D eigenvalue weighted by Gasteiger charge is 2.16. The molecule has 0 fully saturated rings. The van der Waals surface area contributed by atoms with Crippen molar-refractivity contribution in [1.29, 1.82) is 0 Å². The zero-order chi connectivity index (χ0) is 19.8. The monoisotopic (exact) mass is 392 g/mol. The van der Waals surface area contributed by atoms with E-state index in [0.717, 1.165) is 11.1 Å². The molecule has 0 radical (unpaired) electrons. The van der Waals surface area contributed by atoms with Crippen molar-refractivity contribution in [2.24, 2.45) is 0 Å². The van der Waals surface area contributed by atoms with E-state index in [1.807, 2.05) is 60.7 Å². The molecule has 142 valence electrons. The Kier molecular flexibility index (Phi) is 6.82. The van der Waals surface area contributed by atoms with E-state index in [1.54, 1.807) is 24.3 Å². The second-order valence-corrected chi connectivity index (χ2v) is 6.75. The Balaban J connectivity index is 1.60. The molecular weight excluding hydrogens is 372 g/mol.